The lowest BCUT2D eigenvalue weighted by molar-refractivity contribution is -1.03. The van der Waals surface area contributed by atoms with Crippen molar-refractivity contribution in [3.05, 3.63) is 102 Å². The maximum atomic E-state index is 13.3. The number of aryl methyl sites for hydroxylation is 1. The molecule has 3 aromatic carbocycles. The third-order valence-electron chi connectivity index (χ3n) is 7.11. The largest absolute Gasteiger partial charge is 0.316 e. The van der Waals surface area contributed by atoms with E-state index in [1.165, 1.54) is 25.8 Å². The van der Waals surface area contributed by atoms with Gasteiger partial charge in [-0.05, 0) is 24.6 Å². The number of carbonyl (C=O) groups is 2. The fourth-order valence-electron chi connectivity index (χ4n) is 5.47. The van der Waals surface area contributed by atoms with Crippen LogP contribution in [-0.2, 0) is 9.59 Å². The fraction of sp³-hybridized carbons (Fsp3) is 0.286. The van der Waals surface area contributed by atoms with Gasteiger partial charge in [-0.15, -0.1) is 0 Å². The smallest absolute Gasteiger partial charge is 0.292 e. The predicted octanol–water partition coefficient (Wildman–Crippen LogP) is 1.20. The van der Waals surface area contributed by atoms with E-state index in [1.807, 2.05) is 31.2 Å². The van der Waals surface area contributed by atoms with Crippen LogP contribution < -0.4 is 14.7 Å². The van der Waals surface area contributed by atoms with Crippen LogP contribution in [0.25, 0.3) is 0 Å². The Morgan fingerprint density at radius 3 is 1.97 bits per heavy atom. The van der Waals surface area contributed by atoms with Crippen LogP contribution in [0.4, 0.5) is 5.69 Å². The first-order valence-electron chi connectivity index (χ1n) is 11.8. The third-order valence-corrected chi connectivity index (χ3v) is 7.11. The minimum absolute atomic E-state index is 0.0493. The molecule has 2 saturated heterocycles. The van der Waals surface area contributed by atoms with Crippen LogP contribution in [0.3, 0.4) is 0 Å². The number of amides is 2. The Morgan fingerprint density at radius 1 is 0.788 bits per heavy atom. The van der Waals surface area contributed by atoms with Gasteiger partial charge < -0.3 is 9.80 Å². The summed E-state index contributed by atoms with van der Waals surface area (Å²) in [5.41, 5.74) is 4.39. The third kappa shape index (κ3) is 4.34. The summed E-state index contributed by atoms with van der Waals surface area (Å²) in [5.74, 6) is -0.129. The van der Waals surface area contributed by atoms with Crippen LogP contribution in [0, 0.1) is 6.92 Å². The lowest BCUT2D eigenvalue weighted by atomic mass is 9.96. The molecule has 2 fully saturated rings. The van der Waals surface area contributed by atoms with Crippen LogP contribution in [0.2, 0.25) is 0 Å². The molecule has 168 valence electrons. The number of nitrogens with zero attached hydrogens (tertiary/aromatic N) is 1. The van der Waals surface area contributed by atoms with Gasteiger partial charge in [0.1, 0.15) is 32.2 Å². The fourth-order valence-corrected chi connectivity index (χ4v) is 5.47. The number of anilines is 1. The number of hydrogen-bond donors (Lipinski definition) is 2. The summed E-state index contributed by atoms with van der Waals surface area (Å²) in [6, 6.07) is 29.1. The molecule has 0 spiro atoms. The maximum absolute atomic E-state index is 13.3. The van der Waals surface area contributed by atoms with Crippen molar-refractivity contribution in [3.63, 3.8) is 0 Å². The number of hydrogen-bond acceptors (Lipinski definition) is 2. The van der Waals surface area contributed by atoms with Gasteiger partial charge in [-0.1, -0.05) is 72.8 Å². The molecular weight excluding hydrogens is 410 g/mol. The van der Waals surface area contributed by atoms with E-state index in [-0.39, 0.29) is 23.9 Å². The summed E-state index contributed by atoms with van der Waals surface area (Å²) in [6.45, 7) is 5.68. The summed E-state index contributed by atoms with van der Waals surface area (Å²) in [7, 11) is 0. The lowest BCUT2D eigenvalue weighted by Crippen LogP contribution is -3.30. The highest BCUT2D eigenvalue weighted by Gasteiger charge is 2.47. The van der Waals surface area contributed by atoms with E-state index in [4.69, 9.17) is 0 Å². The first-order chi connectivity index (χ1) is 16.1. The Kier molecular flexibility index (Phi) is 6.07. The number of nitrogens with one attached hydrogen (secondary N) is 2. The second-order valence-electron chi connectivity index (χ2n) is 9.23. The molecule has 0 radical (unpaired) electrons. The van der Waals surface area contributed by atoms with Gasteiger partial charge in [-0.25, -0.2) is 4.90 Å². The van der Waals surface area contributed by atoms with Crippen molar-refractivity contribution in [1.29, 1.82) is 0 Å². The molecule has 5 heteroatoms. The minimum Gasteiger partial charge on any atom is -0.316 e. The normalized spacial score (nSPS) is 23.3. The Labute approximate surface area is 195 Å². The van der Waals surface area contributed by atoms with E-state index in [0.717, 1.165) is 31.7 Å². The molecule has 3 aromatic rings. The van der Waals surface area contributed by atoms with Crippen LogP contribution >= 0.6 is 0 Å². The molecule has 2 N–H and O–H groups in total. The van der Waals surface area contributed by atoms with E-state index in [2.05, 4.69) is 60.7 Å². The average molecular weight is 442 g/mol. The Balaban J connectivity index is 1.31. The number of rotatable bonds is 5. The molecule has 5 rings (SSSR count). The Morgan fingerprint density at radius 2 is 1.39 bits per heavy atom. The zero-order valence-corrected chi connectivity index (χ0v) is 19.0. The van der Waals surface area contributed by atoms with Crippen molar-refractivity contribution in [2.45, 2.75) is 25.4 Å². The molecule has 0 bridgehead atoms. The summed E-state index contributed by atoms with van der Waals surface area (Å²) in [5, 5.41) is 0. The molecule has 0 saturated carbocycles. The molecule has 1 atom stereocenters. The zero-order chi connectivity index (χ0) is 22.8. The van der Waals surface area contributed by atoms with Gasteiger partial charge >= 0.3 is 0 Å². The van der Waals surface area contributed by atoms with E-state index >= 15 is 0 Å². The zero-order valence-electron chi connectivity index (χ0n) is 19.0. The molecule has 0 aromatic heterocycles. The molecule has 2 amide bonds. The SMILES string of the molecule is Cc1cccc(N2C(=O)C[C@@H]([NH+]3CC[NH+](C(c4ccccc4)c4ccccc4)CC3)C2=O)c1. The van der Waals surface area contributed by atoms with Gasteiger partial charge in [0.15, 0.2) is 6.04 Å². The maximum Gasteiger partial charge on any atom is 0.292 e. The molecular formula is C28H31N3O2+2. The van der Waals surface area contributed by atoms with Crippen molar-refractivity contribution in [2.24, 2.45) is 0 Å². The van der Waals surface area contributed by atoms with Crippen LogP contribution in [0.1, 0.15) is 29.2 Å². The number of benzene rings is 3. The lowest BCUT2D eigenvalue weighted by Gasteiger charge is -2.36. The molecule has 0 unspecified atom stereocenters. The van der Waals surface area contributed by atoms with Crippen molar-refractivity contribution in [1.82, 2.24) is 0 Å². The molecule has 2 aliphatic rings. The van der Waals surface area contributed by atoms with E-state index in [0.29, 0.717) is 12.1 Å². The molecule has 33 heavy (non-hydrogen) atoms. The highest BCUT2D eigenvalue weighted by atomic mass is 16.2. The van der Waals surface area contributed by atoms with Crippen LogP contribution in [-0.4, -0.2) is 44.0 Å². The highest BCUT2D eigenvalue weighted by Crippen LogP contribution is 2.23. The van der Waals surface area contributed by atoms with E-state index < -0.39 is 0 Å². The van der Waals surface area contributed by atoms with Gasteiger partial charge in [0.25, 0.3) is 5.91 Å². The molecule has 0 aliphatic carbocycles. The number of carbonyl (C=O) groups excluding carboxylic acids is 2. The summed E-state index contributed by atoms with van der Waals surface area (Å²) >= 11 is 0. The average Bonchev–Trinajstić information content (AvgIpc) is 3.15. The molecule has 2 heterocycles. The summed E-state index contributed by atoms with van der Waals surface area (Å²) in [4.78, 5) is 30.2. The van der Waals surface area contributed by atoms with E-state index in [9.17, 15) is 9.59 Å². The molecule has 2 aliphatic heterocycles. The van der Waals surface area contributed by atoms with Crippen LogP contribution in [0.15, 0.2) is 84.9 Å². The van der Waals surface area contributed by atoms with Crippen molar-refractivity contribution < 1.29 is 19.4 Å². The van der Waals surface area contributed by atoms with E-state index in [1.54, 1.807) is 0 Å². The number of imide groups is 1. The van der Waals surface area contributed by atoms with Gasteiger partial charge in [0.05, 0.1) is 12.1 Å². The second kappa shape index (κ2) is 9.30. The summed E-state index contributed by atoms with van der Waals surface area (Å²) < 4.78 is 0. The number of piperazine rings is 1. The van der Waals surface area contributed by atoms with Crippen LogP contribution in [0.5, 0.6) is 0 Å². The second-order valence-corrected chi connectivity index (χ2v) is 9.23. The Hall–Kier alpha value is -3.28. The van der Waals surface area contributed by atoms with Gasteiger partial charge in [0, 0.05) is 11.1 Å². The Bertz CT molecular complexity index is 1080. The van der Waals surface area contributed by atoms with Crippen molar-refractivity contribution >= 4 is 17.5 Å². The first kappa shape index (κ1) is 21.6. The highest BCUT2D eigenvalue weighted by molar-refractivity contribution is 6.21. The standard InChI is InChI=1S/C28H29N3O2/c1-21-9-8-14-24(19-21)31-26(32)20-25(28(31)33)29-15-17-30(18-16-29)27(22-10-4-2-5-11-22)23-12-6-3-7-13-23/h2-14,19,25,27H,15-18,20H2,1H3/p+2/t25-/m1/s1. The quantitative estimate of drug-likeness (QED) is 0.585. The van der Waals surface area contributed by atoms with Crippen molar-refractivity contribution in [3.8, 4) is 0 Å². The molecule has 5 nitrogen and oxygen atoms in total. The van der Waals surface area contributed by atoms with Gasteiger partial charge in [-0.2, -0.15) is 0 Å². The predicted molar refractivity (Wildman–Crippen MR) is 128 cm³/mol. The van der Waals surface area contributed by atoms with Gasteiger partial charge in [-0.3, -0.25) is 9.59 Å². The topological polar surface area (TPSA) is 46.3 Å². The van der Waals surface area contributed by atoms with Gasteiger partial charge in [0.2, 0.25) is 5.91 Å². The van der Waals surface area contributed by atoms with Crippen molar-refractivity contribution in [2.75, 3.05) is 31.1 Å². The number of quaternary nitrogens is 2. The monoisotopic (exact) mass is 441 g/mol. The first-order valence-corrected chi connectivity index (χ1v) is 11.8. The summed E-state index contributed by atoms with van der Waals surface area (Å²) in [6.07, 6.45) is 0.304. The minimum atomic E-state index is -0.272.